The van der Waals surface area contributed by atoms with Crippen LogP contribution in [0.4, 0.5) is 0 Å². The smallest absolute Gasteiger partial charge is 0.137 e. The summed E-state index contributed by atoms with van der Waals surface area (Å²) in [6, 6.07) is 5.03. The van der Waals surface area contributed by atoms with E-state index in [0.29, 0.717) is 22.0 Å². The van der Waals surface area contributed by atoms with Crippen LogP contribution in [0.15, 0.2) is 30.9 Å². The van der Waals surface area contributed by atoms with Crippen molar-refractivity contribution in [1.82, 2.24) is 14.8 Å². The minimum atomic E-state index is -1.06. The predicted molar refractivity (Wildman–Crippen MR) is 77.9 cm³/mol. The Kier molecular flexibility index (Phi) is 3.71. The molecule has 0 aliphatic heterocycles. The third kappa shape index (κ3) is 2.32. The van der Waals surface area contributed by atoms with Crippen LogP contribution in [0.5, 0.6) is 0 Å². The van der Waals surface area contributed by atoms with Gasteiger partial charge in [-0.05, 0) is 31.0 Å². The molecule has 1 fully saturated rings. The average molecular weight is 312 g/mol. The Hall–Kier alpha value is -1.10. The first kappa shape index (κ1) is 13.9. The Bertz CT molecular complexity index is 602. The van der Waals surface area contributed by atoms with E-state index in [1.807, 2.05) is 0 Å². The van der Waals surface area contributed by atoms with E-state index in [9.17, 15) is 5.11 Å². The lowest BCUT2D eigenvalue weighted by atomic mass is 9.75. The van der Waals surface area contributed by atoms with E-state index in [0.717, 1.165) is 19.3 Å². The van der Waals surface area contributed by atoms with Crippen molar-refractivity contribution < 1.29 is 5.11 Å². The Morgan fingerprint density at radius 1 is 1.30 bits per heavy atom. The van der Waals surface area contributed by atoms with Crippen LogP contribution in [0.1, 0.15) is 37.3 Å². The number of aromatic nitrogens is 3. The van der Waals surface area contributed by atoms with Crippen molar-refractivity contribution in [2.24, 2.45) is 0 Å². The number of hydrogen-bond acceptors (Lipinski definition) is 3. The molecule has 1 N–H and O–H groups in total. The second-order valence-corrected chi connectivity index (χ2v) is 6.03. The molecule has 2 atom stereocenters. The first-order valence-electron chi connectivity index (χ1n) is 6.63. The van der Waals surface area contributed by atoms with E-state index in [2.05, 4.69) is 10.1 Å². The van der Waals surface area contributed by atoms with Gasteiger partial charge >= 0.3 is 0 Å². The fourth-order valence-electron chi connectivity index (χ4n) is 3.01. The van der Waals surface area contributed by atoms with Crippen molar-refractivity contribution >= 4 is 23.2 Å². The molecule has 0 amide bonds. The molecular formula is C14H15Cl2N3O. The zero-order chi connectivity index (χ0) is 14.2. The van der Waals surface area contributed by atoms with Crippen LogP contribution in [0.3, 0.4) is 0 Å². The second kappa shape index (κ2) is 5.35. The Morgan fingerprint density at radius 3 is 2.90 bits per heavy atom. The summed E-state index contributed by atoms with van der Waals surface area (Å²) in [4.78, 5) is 3.98. The van der Waals surface area contributed by atoms with Crippen LogP contribution >= 0.6 is 23.2 Å². The summed E-state index contributed by atoms with van der Waals surface area (Å²) in [7, 11) is 0. The van der Waals surface area contributed by atoms with Crippen LogP contribution in [-0.4, -0.2) is 19.9 Å². The summed E-state index contributed by atoms with van der Waals surface area (Å²) in [5, 5.41) is 16.5. The number of benzene rings is 1. The number of nitrogens with zero attached hydrogens (tertiary/aromatic N) is 3. The minimum Gasteiger partial charge on any atom is -0.383 e. The normalized spacial score (nSPS) is 26.6. The van der Waals surface area contributed by atoms with Crippen molar-refractivity contribution in [3.63, 3.8) is 0 Å². The molecule has 3 rings (SSSR count). The first-order valence-corrected chi connectivity index (χ1v) is 7.39. The minimum absolute atomic E-state index is 0.172. The van der Waals surface area contributed by atoms with Crippen LogP contribution in [0.2, 0.25) is 10.0 Å². The van der Waals surface area contributed by atoms with Crippen molar-refractivity contribution in [2.45, 2.75) is 37.3 Å². The molecule has 0 radical (unpaired) electrons. The van der Waals surface area contributed by atoms with E-state index in [1.165, 1.54) is 6.33 Å². The quantitative estimate of drug-likeness (QED) is 0.922. The van der Waals surface area contributed by atoms with Gasteiger partial charge in [-0.1, -0.05) is 36.0 Å². The van der Waals surface area contributed by atoms with Gasteiger partial charge in [0.15, 0.2) is 0 Å². The molecule has 106 valence electrons. The third-order valence-corrected chi connectivity index (χ3v) is 4.55. The van der Waals surface area contributed by atoms with Crippen LogP contribution in [0, 0.1) is 0 Å². The maximum atomic E-state index is 11.2. The topological polar surface area (TPSA) is 50.9 Å². The standard InChI is InChI=1S/C14H15Cl2N3O/c15-10-4-5-12(16)11(7-10)14(20)6-2-1-3-13(14)19-9-17-8-18-19/h4-5,7-9,13,20H,1-3,6H2/t13-,14-/m1/s1. The van der Waals surface area contributed by atoms with E-state index >= 15 is 0 Å². The fraction of sp³-hybridized carbons (Fsp3) is 0.429. The monoisotopic (exact) mass is 311 g/mol. The van der Waals surface area contributed by atoms with Gasteiger partial charge in [0.05, 0.1) is 6.04 Å². The molecule has 0 saturated heterocycles. The number of hydrogen-bond donors (Lipinski definition) is 1. The molecule has 4 nitrogen and oxygen atoms in total. The van der Waals surface area contributed by atoms with Gasteiger partial charge in [-0.2, -0.15) is 5.10 Å². The second-order valence-electron chi connectivity index (χ2n) is 5.19. The highest BCUT2D eigenvalue weighted by molar-refractivity contribution is 6.33. The number of rotatable bonds is 2. The van der Waals surface area contributed by atoms with E-state index in [1.54, 1.807) is 29.2 Å². The summed E-state index contributed by atoms with van der Waals surface area (Å²) < 4.78 is 1.72. The van der Waals surface area contributed by atoms with Crippen LogP contribution in [-0.2, 0) is 5.60 Å². The van der Waals surface area contributed by atoms with Gasteiger partial charge in [-0.15, -0.1) is 0 Å². The number of halogens is 2. The van der Waals surface area contributed by atoms with Gasteiger partial charge in [0.25, 0.3) is 0 Å². The van der Waals surface area contributed by atoms with Crippen molar-refractivity contribution in [3.05, 3.63) is 46.5 Å². The maximum Gasteiger partial charge on any atom is 0.137 e. The lowest BCUT2D eigenvalue weighted by molar-refractivity contribution is -0.0515. The van der Waals surface area contributed by atoms with Crippen molar-refractivity contribution in [2.75, 3.05) is 0 Å². The van der Waals surface area contributed by atoms with Gasteiger partial charge in [0.1, 0.15) is 18.3 Å². The van der Waals surface area contributed by atoms with Crippen LogP contribution in [0.25, 0.3) is 0 Å². The van der Waals surface area contributed by atoms with Crippen molar-refractivity contribution in [1.29, 1.82) is 0 Å². The highest BCUT2D eigenvalue weighted by Gasteiger charge is 2.43. The molecule has 1 heterocycles. The lowest BCUT2D eigenvalue weighted by Crippen LogP contribution is -2.40. The highest BCUT2D eigenvalue weighted by atomic mass is 35.5. The molecule has 20 heavy (non-hydrogen) atoms. The number of aliphatic hydroxyl groups is 1. The van der Waals surface area contributed by atoms with Gasteiger partial charge in [0, 0.05) is 15.6 Å². The molecule has 0 bridgehead atoms. The van der Waals surface area contributed by atoms with E-state index < -0.39 is 5.60 Å². The van der Waals surface area contributed by atoms with Crippen molar-refractivity contribution in [3.8, 4) is 0 Å². The zero-order valence-corrected chi connectivity index (χ0v) is 12.3. The van der Waals surface area contributed by atoms with Gasteiger partial charge in [-0.25, -0.2) is 9.67 Å². The molecule has 1 aliphatic rings. The van der Waals surface area contributed by atoms with E-state index in [-0.39, 0.29) is 6.04 Å². The molecule has 6 heteroatoms. The summed E-state index contributed by atoms with van der Waals surface area (Å²) in [5.74, 6) is 0. The average Bonchev–Trinajstić information content (AvgIpc) is 2.96. The highest BCUT2D eigenvalue weighted by Crippen LogP contribution is 2.46. The molecular weight excluding hydrogens is 297 g/mol. The summed E-state index contributed by atoms with van der Waals surface area (Å²) in [6.07, 6.45) is 6.59. The zero-order valence-electron chi connectivity index (χ0n) is 10.8. The summed E-state index contributed by atoms with van der Waals surface area (Å²) in [5.41, 5.74) is -0.389. The molecule has 1 aliphatic carbocycles. The molecule has 1 aromatic heterocycles. The molecule has 1 saturated carbocycles. The SMILES string of the molecule is O[C@@]1(c2cc(Cl)ccc2Cl)CCCC[C@H]1n1cncn1. The van der Waals surface area contributed by atoms with Crippen LogP contribution < -0.4 is 0 Å². The largest absolute Gasteiger partial charge is 0.383 e. The van der Waals surface area contributed by atoms with Gasteiger partial charge < -0.3 is 5.11 Å². The molecule has 1 aromatic carbocycles. The fourth-order valence-corrected chi connectivity index (χ4v) is 3.46. The predicted octanol–water partition coefficient (Wildman–Crippen LogP) is 3.59. The van der Waals surface area contributed by atoms with E-state index in [4.69, 9.17) is 23.2 Å². The summed E-state index contributed by atoms with van der Waals surface area (Å²) in [6.45, 7) is 0. The van der Waals surface area contributed by atoms with Gasteiger partial charge in [0.2, 0.25) is 0 Å². The van der Waals surface area contributed by atoms with Gasteiger partial charge in [-0.3, -0.25) is 0 Å². The first-order chi connectivity index (χ1) is 9.61. The summed E-state index contributed by atoms with van der Waals surface area (Å²) >= 11 is 12.3. The molecule has 0 unspecified atom stereocenters. The Morgan fingerprint density at radius 2 is 2.15 bits per heavy atom. The Balaban J connectivity index is 2.09. The Labute approximate surface area is 127 Å². The molecule has 0 spiro atoms. The molecule has 2 aromatic rings. The lowest BCUT2D eigenvalue weighted by Gasteiger charge is -2.40. The third-order valence-electron chi connectivity index (χ3n) is 3.99. The maximum absolute atomic E-state index is 11.2.